The molecule has 1 aromatic rings. The van der Waals surface area contributed by atoms with Crippen molar-refractivity contribution in [3.05, 3.63) is 35.2 Å². The lowest BCUT2D eigenvalue weighted by molar-refractivity contribution is 0.217. The highest BCUT2D eigenvalue weighted by Gasteiger charge is 2.35. The molecule has 0 aromatic heterocycles. The predicted molar refractivity (Wildman–Crippen MR) is 65.6 cm³/mol. The predicted octanol–water partition coefficient (Wildman–Crippen LogP) is 3.36. The van der Waals surface area contributed by atoms with Gasteiger partial charge in [-0.25, -0.2) is 4.57 Å². The third-order valence-corrected chi connectivity index (χ3v) is 3.82. The SMILES string of the molecule is CCOP(=O)(OCC)N(N=O)c1ccccc1. The molecule has 7 heteroatoms. The summed E-state index contributed by atoms with van der Waals surface area (Å²) in [6.45, 7) is 3.66. The number of rotatable bonds is 7. The van der Waals surface area contributed by atoms with Gasteiger partial charge in [0.05, 0.1) is 24.2 Å². The maximum Gasteiger partial charge on any atom is 0.458 e. The van der Waals surface area contributed by atoms with E-state index in [1.54, 1.807) is 44.2 Å². The van der Waals surface area contributed by atoms with E-state index in [1.165, 1.54) is 0 Å². The van der Waals surface area contributed by atoms with Gasteiger partial charge in [0.1, 0.15) is 0 Å². The number of para-hydroxylation sites is 1. The summed E-state index contributed by atoms with van der Waals surface area (Å²) < 4.78 is 23.2. The fourth-order valence-electron chi connectivity index (χ4n) is 1.27. The second-order valence-electron chi connectivity index (χ2n) is 3.01. The van der Waals surface area contributed by atoms with Crippen LogP contribution in [-0.4, -0.2) is 13.2 Å². The van der Waals surface area contributed by atoms with Gasteiger partial charge in [0.2, 0.25) is 0 Å². The van der Waals surface area contributed by atoms with E-state index in [-0.39, 0.29) is 13.2 Å². The minimum Gasteiger partial charge on any atom is -0.291 e. The molecule has 17 heavy (non-hydrogen) atoms. The minimum absolute atomic E-state index is 0.163. The Kier molecular flexibility index (Phi) is 5.28. The lowest BCUT2D eigenvalue weighted by Gasteiger charge is -2.24. The second kappa shape index (κ2) is 6.49. The highest BCUT2D eigenvalue weighted by Crippen LogP contribution is 2.54. The summed E-state index contributed by atoms with van der Waals surface area (Å²) in [5, 5.41) is 2.74. The van der Waals surface area contributed by atoms with Crippen LogP contribution in [0.15, 0.2) is 35.6 Å². The standard InChI is InChI=1S/C10H15N2O4P/c1-3-15-17(14,16-4-2)12(11-13)10-8-6-5-7-9-10/h5-9H,3-4H2,1-2H3. The Balaban J connectivity index is 3.06. The molecule has 0 spiro atoms. The van der Waals surface area contributed by atoms with Crippen molar-refractivity contribution in [3.63, 3.8) is 0 Å². The zero-order valence-electron chi connectivity index (χ0n) is 9.78. The van der Waals surface area contributed by atoms with Crippen molar-refractivity contribution in [2.75, 3.05) is 18.0 Å². The first-order valence-electron chi connectivity index (χ1n) is 5.26. The van der Waals surface area contributed by atoms with Gasteiger partial charge in [-0.05, 0) is 26.0 Å². The molecule has 0 aliphatic heterocycles. The van der Waals surface area contributed by atoms with Crippen LogP contribution in [0.3, 0.4) is 0 Å². The maximum absolute atomic E-state index is 12.3. The summed E-state index contributed by atoms with van der Waals surface area (Å²) in [7, 11) is -3.70. The fraction of sp³-hybridized carbons (Fsp3) is 0.400. The van der Waals surface area contributed by atoms with E-state index in [0.717, 1.165) is 4.78 Å². The molecule has 0 saturated heterocycles. The average molecular weight is 258 g/mol. The van der Waals surface area contributed by atoms with Gasteiger partial charge in [0.25, 0.3) is 0 Å². The number of nitroso groups, excluding NO2 is 1. The summed E-state index contributed by atoms with van der Waals surface area (Å²) in [4.78, 5) is 10.8. The second-order valence-corrected chi connectivity index (χ2v) is 4.84. The van der Waals surface area contributed by atoms with Gasteiger partial charge < -0.3 is 0 Å². The molecule has 0 N–H and O–H groups in total. The van der Waals surface area contributed by atoms with Crippen LogP contribution in [0.5, 0.6) is 0 Å². The number of hydrogen-bond acceptors (Lipinski definition) is 5. The Bertz CT molecular complexity index is 389. The Morgan fingerprint density at radius 2 is 1.71 bits per heavy atom. The van der Waals surface area contributed by atoms with E-state index in [2.05, 4.69) is 5.29 Å². The van der Waals surface area contributed by atoms with Crippen LogP contribution >= 0.6 is 7.75 Å². The van der Waals surface area contributed by atoms with Gasteiger partial charge in [-0.3, -0.25) is 9.05 Å². The first-order chi connectivity index (χ1) is 8.18. The molecule has 1 rings (SSSR count). The van der Waals surface area contributed by atoms with Gasteiger partial charge in [-0.1, -0.05) is 18.2 Å². The molecule has 0 aliphatic rings. The zero-order chi connectivity index (χ0) is 12.7. The van der Waals surface area contributed by atoms with Crippen LogP contribution < -0.4 is 4.78 Å². The monoisotopic (exact) mass is 258 g/mol. The lowest BCUT2D eigenvalue weighted by Crippen LogP contribution is -2.16. The number of nitrogens with zero attached hydrogens (tertiary/aromatic N) is 2. The summed E-state index contributed by atoms with van der Waals surface area (Å²) in [5.41, 5.74) is 0.368. The van der Waals surface area contributed by atoms with Gasteiger partial charge in [-0.15, -0.1) is 9.69 Å². The third kappa shape index (κ3) is 3.36. The van der Waals surface area contributed by atoms with Crippen LogP contribution in [-0.2, 0) is 13.6 Å². The van der Waals surface area contributed by atoms with E-state index < -0.39 is 7.75 Å². The van der Waals surface area contributed by atoms with Gasteiger partial charge in [0, 0.05) is 0 Å². The normalized spacial score (nSPS) is 11.2. The van der Waals surface area contributed by atoms with Gasteiger partial charge >= 0.3 is 7.75 Å². The van der Waals surface area contributed by atoms with Gasteiger partial charge in [-0.2, -0.15) is 0 Å². The summed E-state index contributed by atoms with van der Waals surface area (Å²) >= 11 is 0. The molecule has 0 amide bonds. The molecule has 0 radical (unpaired) electrons. The van der Waals surface area contributed by atoms with E-state index in [9.17, 15) is 9.47 Å². The summed E-state index contributed by atoms with van der Waals surface area (Å²) in [6.07, 6.45) is 0. The van der Waals surface area contributed by atoms with Crippen molar-refractivity contribution in [2.45, 2.75) is 13.8 Å². The summed E-state index contributed by atoms with van der Waals surface area (Å²) in [6, 6.07) is 8.39. The molecule has 0 atom stereocenters. The third-order valence-electron chi connectivity index (χ3n) is 1.88. The molecule has 94 valence electrons. The Morgan fingerprint density at radius 3 is 2.12 bits per heavy atom. The first-order valence-corrected chi connectivity index (χ1v) is 6.75. The minimum atomic E-state index is -3.70. The molecule has 0 bridgehead atoms. The first kappa shape index (κ1) is 13.8. The Hall–Kier alpha value is -1.23. The molecule has 1 aromatic carbocycles. The molecule has 6 nitrogen and oxygen atoms in total. The zero-order valence-corrected chi connectivity index (χ0v) is 10.7. The molecule has 0 saturated carbocycles. The van der Waals surface area contributed by atoms with E-state index >= 15 is 0 Å². The van der Waals surface area contributed by atoms with Crippen LogP contribution in [0, 0.1) is 4.91 Å². The quantitative estimate of drug-likeness (QED) is 0.426. The maximum atomic E-state index is 12.3. The average Bonchev–Trinajstić information content (AvgIpc) is 2.31. The van der Waals surface area contributed by atoms with Crippen LogP contribution in [0.25, 0.3) is 0 Å². The molecule has 0 aliphatic carbocycles. The number of anilines is 1. The van der Waals surface area contributed by atoms with Crippen molar-refractivity contribution >= 4 is 13.4 Å². The Labute approximate surface area is 100 Å². The number of hydrogen-bond donors (Lipinski definition) is 0. The Morgan fingerprint density at radius 1 is 1.18 bits per heavy atom. The van der Waals surface area contributed by atoms with Crippen molar-refractivity contribution < 1.29 is 13.6 Å². The smallest absolute Gasteiger partial charge is 0.291 e. The van der Waals surface area contributed by atoms with Crippen molar-refractivity contribution in [1.82, 2.24) is 0 Å². The van der Waals surface area contributed by atoms with E-state index in [0.29, 0.717) is 5.69 Å². The van der Waals surface area contributed by atoms with Crippen molar-refractivity contribution in [1.29, 1.82) is 0 Å². The van der Waals surface area contributed by atoms with Crippen molar-refractivity contribution in [3.8, 4) is 0 Å². The van der Waals surface area contributed by atoms with E-state index in [4.69, 9.17) is 9.05 Å². The molecular weight excluding hydrogens is 243 g/mol. The van der Waals surface area contributed by atoms with Crippen molar-refractivity contribution in [2.24, 2.45) is 5.29 Å². The molecule has 0 fully saturated rings. The topological polar surface area (TPSA) is 68.2 Å². The summed E-state index contributed by atoms with van der Waals surface area (Å²) in [5.74, 6) is 0. The molecule has 0 unspecified atom stereocenters. The largest absolute Gasteiger partial charge is 0.458 e. The highest BCUT2D eigenvalue weighted by molar-refractivity contribution is 7.55. The van der Waals surface area contributed by atoms with Crippen LogP contribution in [0.2, 0.25) is 0 Å². The van der Waals surface area contributed by atoms with Crippen LogP contribution in [0.1, 0.15) is 13.8 Å². The fourth-order valence-corrected chi connectivity index (χ4v) is 2.72. The number of benzene rings is 1. The molecule has 0 heterocycles. The van der Waals surface area contributed by atoms with Crippen LogP contribution in [0.4, 0.5) is 5.69 Å². The molecular formula is C10H15N2O4P. The highest BCUT2D eigenvalue weighted by atomic mass is 31.2. The van der Waals surface area contributed by atoms with Gasteiger partial charge in [0.15, 0.2) is 0 Å². The van der Waals surface area contributed by atoms with E-state index in [1.807, 2.05) is 0 Å². The lowest BCUT2D eigenvalue weighted by atomic mass is 10.3.